The first-order valence-electron chi connectivity index (χ1n) is 9.05. The molecule has 0 spiro atoms. The summed E-state index contributed by atoms with van der Waals surface area (Å²) in [5.74, 6) is -0.646. The number of benzene rings is 2. The highest BCUT2D eigenvalue weighted by Crippen LogP contribution is 2.25. The van der Waals surface area contributed by atoms with Gasteiger partial charge in [-0.05, 0) is 25.1 Å². The summed E-state index contributed by atoms with van der Waals surface area (Å²) in [5, 5.41) is 9.52. The van der Waals surface area contributed by atoms with E-state index in [0.29, 0.717) is 10.7 Å². The van der Waals surface area contributed by atoms with E-state index in [0.717, 1.165) is 16.9 Å². The van der Waals surface area contributed by atoms with Crippen LogP contribution in [-0.4, -0.2) is 42.4 Å². The summed E-state index contributed by atoms with van der Waals surface area (Å²) in [6, 6.07) is 15.1. The van der Waals surface area contributed by atoms with Crippen LogP contribution in [0.1, 0.15) is 15.9 Å². The molecule has 2 amide bonds. The molecule has 29 heavy (non-hydrogen) atoms. The zero-order valence-corrected chi connectivity index (χ0v) is 17.3. The first kappa shape index (κ1) is 20.5. The zero-order valence-electron chi connectivity index (χ0n) is 16.5. The third kappa shape index (κ3) is 5.87. The highest BCUT2D eigenvalue weighted by Gasteiger charge is 2.11. The predicted octanol–water partition coefficient (Wildman–Crippen LogP) is 3.38. The number of thiazole rings is 1. The van der Waals surface area contributed by atoms with Crippen molar-refractivity contribution in [3.8, 4) is 11.3 Å². The Morgan fingerprint density at radius 2 is 1.86 bits per heavy atom. The second-order valence-corrected chi connectivity index (χ2v) is 7.58. The van der Waals surface area contributed by atoms with Gasteiger partial charge in [0.25, 0.3) is 5.91 Å². The smallest absolute Gasteiger partial charge is 0.251 e. The predicted molar refractivity (Wildman–Crippen MR) is 117 cm³/mol. The van der Waals surface area contributed by atoms with Crippen molar-refractivity contribution in [3.63, 3.8) is 0 Å². The van der Waals surface area contributed by atoms with Crippen molar-refractivity contribution in [2.45, 2.75) is 6.92 Å². The minimum Gasteiger partial charge on any atom is -0.343 e. The molecule has 0 atom stereocenters. The fourth-order valence-electron chi connectivity index (χ4n) is 2.60. The van der Waals surface area contributed by atoms with Crippen molar-refractivity contribution < 1.29 is 9.59 Å². The van der Waals surface area contributed by atoms with Crippen LogP contribution in [0.4, 0.5) is 10.8 Å². The molecule has 1 heterocycles. The molecule has 0 aliphatic heterocycles. The maximum absolute atomic E-state index is 12.3. The van der Waals surface area contributed by atoms with Crippen LogP contribution in [0.3, 0.4) is 0 Å². The maximum atomic E-state index is 12.3. The van der Waals surface area contributed by atoms with Crippen molar-refractivity contribution in [2.24, 2.45) is 0 Å². The molecule has 0 unspecified atom stereocenters. The number of aryl methyl sites for hydroxylation is 1. The highest BCUT2D eigenvalue weighted by molar-refractivity contribution is 7.14. The average molecular weight is 410 g/mol. The number of hydrogen-bond donors (Lipinski definition) is 3. The molecule has 3 N–H and O–H groups in total. The van der Waals surface area contributed by atoms with Crippen LogP contribution < -0.4 is 16.1 Å². The number of nitrogens with zero attached hydrogens (tertiary/aromatic N) is 2. The fourth-order valence-corrected chi connectivity index (χ4v) is 3.34. The Morgan fingerprint density at radius 3 is 2.59 bits per heavy atom. The summed E-state index contributed by atoms with van der Waals surface area (Å²) >= 11 is 1.35. The van der Waals surface area contributed by atoms with Gasteiger partial charge in [0, 0.05) is 36.3 Å². The lowest BCUT2D eigenvalue weighted by molar-refractivity contribution is -0.115. The van der Waals surface area contributed by atoms with Crippen molar-refractivity contribution >= 4 is 34.0 Å². The van der Waals surface area contributed by atoms with Gasteiger partial charge in [-0.3, -0.25) is 9.59 Å². The third-order valence-corrected chi connectivity index (χ3v) is 4.74. The van der Waals surface area contributed by atoms with Gasteiger partial charge in [-0.2, -0.15) is 0 Å². The van der Waals surface area contributed by atoms with E-state index in [1.165, 1.54) is 16.9 Å². The van der Waals surface area contributed by atoms with Gasteiger partial charge >= 0.3 is 0 Å². The lowest BCUT2D eigenvalue weighted by Crippen LogP contribution is -2.32. The third-order valence-electron chi connectivity index (χ3n) is 3.98. The van der Waals surface area contributed by atoms with Gasteiger partial charge in [-0.15, -0.1) is 11.3 Å². The molecule has 7 nitrogen and oxygen atoms in total. The van der Waals surface area contributed by atoms with Gasteiger partial charge in [-0.25, -0.2) is 9.99 Å². The SMILES string of the molecule is Cc1ccc(-c2csc(NC(=O)CNC(=O)c3cccc(NN(C)C)c3)n2)cc1. The fraction of sp³-hybridized carbons (Fsp3) is 0.190. The van der Waals surface area contributed by atoms with E-state index in [1.54, 1.807) is 23.2 Å². The van der Waals surface area contributed by atoms with E-state index in [2.05, 4.69) is 21.0 Å². The van der Waals surface area contributed by atoms with Gasteiger partial charge in [0.15, 0.2) is 5.13 Å². The number of nitrogens with one attached hydrogen (secondary N) is 3. The van der Waals surface area contributed by atoms with E-state index < -0.39 is 0 Å². The van der Waals surface area contributed by atoms with Crippen LogP contribution in [0.25, 0.3) is 11.3 Å². The molecular formula is C21H23N5O2S. The standard InChI is InChI=1S/C21H23N5O2S/c1-14-7-9-15(10-8-14)18-13-29-21(23-18)24-19(27)12-22-20(28)16-5-4-6-17(11-16)25-26(2)3/h4-11,13,25H,12H2,1-3H3,(H,22,28)(H,23,24,27). The molecule has 0 bridgehead atoms. The van der Waals surface area contributed by atoms with Crippen molar-refractivity contribution in [1.29, 1.82) is 0 Å². The Hall–Kier alpha value is -3.23. The van der Waals surface area contributed by atoms with E-state index in [4.69, 9.17) is 0 Å². The first-order valence-corrected chi connectivity index (χ1v) is 9.93. The highest BCUT2D eigenvalue weighted by atomic mass is 32.1. The van der Waals surface area contributed by atoms with Crippen LogP contribution in [0, 0.1) is 6.92 Å². The molecule has 0 aliphatic rings. The maximum Gasteiger partial charge on any atom is 0.251 e. The lowest BCUT2D eigenvalue weighted by atomic mass is 10.1. The van der Waals surface area contributed by atoms with Crippen LogP contribution in [0.5, 0.6) is 0 Å². The second-order valence-electron chi connectivity index (χ2n) is 6.72. The molecule has 0 fully saturated rings. The zero-order chi connectivity index (χ0) is 20.8. The average Bonchev–Trinajstić information content (AvgIpc) is 3.14. The summed E-state index contributed by atoms with van der Waals surface area (Å²) < 4.78 is 0. The molecule has 0 aliphatic carbocycles. The number of carbonyl (C=O) groups is 2. The lowest BCUT2D eigenvalue weighted by Gasteiger charge is -2.14. The Kier molecular flexibility index (Phi) is 6.58. The summed E-state index contributed by atoms with van der Waals surface area (Å²) in [5.41, 5.74) is 7.32. The molecule has 2 aromatic carbocycles. The first-order chi connectivity index (χ1) is 13.9. The molecule has 3 rings (SSSR count). The monoisotopic (exact) mass is 409 g/mol. The number of rotatable bonds is 7. The molecule has 3 aromatic rings. The van der Waals surface area contributed by atoms with Crippen LogP contribution in [-0.2, 0) is 4.79 Å². The summed E-state index contributed by atoms with van der Waals surface area (Å²) in [6.45, 7) is 1.89. The van der Waals surface area contributed by atoms with Crippen LogP contribution in [0.2, 0.25) is 0 Å². The Bertz CT molecular complexity index is 998. The normalized spacial score (nSPS) is 10.6. The van der Waals surface area contributed by atoms with E-state index in [9.17, 15) is 9.59 Å². The van der Waals surface area contributed by atoms with Crippen LogP contribution in [0.15, 0.2) is 53.9 Å². The van der Waals surface area contributed by atoms with Crippen molar-refractivity contribution in [1.82, 2.24) is 15.3 Å². The van der Waals surface area contributed by atoms with Gasteiger partial charge < -0.3 is 16.1 Å². The van der Waals surface area contributed by atoms with E-state index >= 15 is 0 Å². The molecular weight excluding hydrogens is 386 g/mol. The number of amides is 2. The van der Waals surface area contributed by atoms with Crippen molar-refractivity contribution in [2.75, 3.05) is 31.4 Å². The molecule has 150 valence electrons. The molecule has 8 heteroatoms. The number of anilines is 2. The van der Waals surface area contributed by atoms with Gasteiger partial charge in [0.05, 0.1) is 12.2 Å². The second kappa shape index (κ2) is 9.31. The number of hydrogen-bond acceptors (Lipinski definition) is 6. The minimum atomic E-state index is -0.328. The Labute approximate surface area is 173 Å². The largest absolute Gasteiger partial charge is 0.343 e. The summed E-state index contributed by atoms with van der Waals surface area (Å²) in [7, 11) is 3.72. The topological polar surface area (TPSA) is 86.4 Å². The Balaban J connectivity index is 1.54. The van der Waals surface area contributed by atoms with Crippen LogP contribution >= 0.6 is 11.3 Å². The summed E-state index contributed by atoms with van der Waals surface area (Å²) in [4.78, 5) is 28.9. The quantitative estimate of drug-likeness (QED) is 0.521. The minimum absolute atomic E-state index is 0.135. The van der Waals surface area contributed by atoms with E-state index in [1.807, 2.05) is 56.7 Å². The van der Waals surface area contributed by atoms with Crippen molar-refractivity contribution in [3.05, 3.63) is 65.0 Å². The Morgan fingerprint density at radius 1 is 1.10 bits per heavy atom. The molecule has 0 saturated carbocycles. The molecule has 0 saturated heterocycles. The van der Waals surface area contributed by atoms with Gasteiger partial charge in [0.1, 0.15) is 0 Å². The number of hydrazine groups is 1. The van der Waals surface area contributed by atoms with Gasteiger partial charge in [-0.1, -0.05) is 35.9 Å². The van der Waals surface area contributed by atoms with E-state index in [-0.39, 0.29) is 18.4 Å². The molecule has 1 aromatic heterocycles. The molecule has 0 radical (unpaired) electrons. The number of carbonyl (C=O) groups excluding carboxylic acids is 2. The van der Waals surface area contributed by atoms with Gasteiger partial charge in [0.2, 0.25) is 5.91 Å². The number of aromatic nitrogens is 1. The summed E-state index contributed by atoms with van der Waals surface area (Å²) in [6.07, 6.45) is 0.